The number of rotatable bonds is 5. The second-order valence-corrected chi connectivity index (χ2v) is 6.92. The van der Waals surface area contributed by atoms with Crippen LogP contribution in [0.3, 0.4) is 0 Å². The highest BCUT2D eigenvalue weighted by Gasteiger charge is 2.22. The fourth-order valence-electron chi connectivity index (χ4n) is 1.91. The highest BCUT2D eigenvalue weighted by molar-refractivity contribution is 8.25. The Balaban J connectivity index is 2.22. The summed E-state index contributed by atoms with van der Waals surface area (Å²) in [5, 5.41) is 0. The van der Waals surface area contributed by atoms with Gasteiger partial charge in [0.2, 0.25) is 0 Å². The molecule has 0 unspecified atom stereocenters. The summed E-state index contributed by atoms with van der Waals surface area (Å²) in [7, 11) is 1.31. The lowest BCUT2D eigenvalue weighted by Crippen LogP contribution is -2.05. The molecule has 0 aromatic carbocycles. The monoisotopic (exact) mass is 324 g/mol. The predicted octanol–water partition coefficient (Wildman–Crippen LogP) is 3.29. The molecule has 0 bridgehead atoms. The Hall–Kier alpha value is -1.40. The standard InChI is InChI=1S/C15H16O4S2/c1-9(14(17)18-3)8-11-4-5-12(19-11)13(10(2)16)15-20-6-7-21-15/h4-5H,1,6-8H2,2-3H3. The number of furan rings is 1. The quantitative estimate of drug-likeness (QED) is 0.612. The van der Waals surface area contributed by atoms with Gasteiger partial charge < -0.3 is 9.15 Å². The normalized spacial score (nSPS) is 14.1. The van der Waals surface area contributed by atoms with Crippen LogP contribution in [-0.2, 0) is 20.7 Å². The Morgan fingerprint density at radius 2 is 2.00 bits per heavy atom. The lowest BCUT2D eigenvalue weighted by Gasteiger charge is -2.04. The van der Waals surface area contributed by atoms with E-state index in [1.165, 1.54) is 14.0 Å². The molecule has 2 heterocycles. The van der Waals surface area contributed by atoms with Gasteiger partial charge in [0.25, 0.3) is 0 Å². The van der Waals surface area contributed by atoms with Gasteiger partial charge in [-0.25, -0.2) is 4.79 Å². The minimum Gasteiger partial charge on any atom is -0.466 e. The van der Waals surface area contributed by atoms with E-state index in [2.05, 4.69) is 11.3 Å². The minimum absolute atomic E-state index is 0.0143. The van der Waals surface area contributed by atoms with Crippen LogP contribution in [0.25, 0.3) is 5.57 Å². The number of esters is 1. The number of ether oxygens (including phenoxy) is 1. The van der Waals surface area contributed by atoms with Gasteiger partial charge in [0, 0.05) is 23.5 Å². The third-order valence-electron chi connectivity index (χ3n) is 2.88. The maximum absolute atomic E-state index is 11.9. The van der Waals surface area contributed by atoms with Crippen molar-refractivity contribution in [3.8, 4) is 0 Å². The number of thioether (sulfide) groups is 2. The van der Waals surface area contributed by atoms with Crippen molar-refractivity contribution in [2.45, 2.75) is 13.3 Å². The molecular weight excluding hydrogens is 308 g/mol. The fourth-order valence-corrected chi connectivity index (χ4v) is 4.55. The van der Waals surface area contributed by atoms with Crippen LogP contribution in [0.15, 0.2) is 32.9 Å². The maximum atomic E-state index is 11.9. The van der Waals surface area contributed by atoms with E-state index in [0.29, 0.717) is 22.7 Å². The van der Waals surface area contributed by atoms with E-state index in [4.69, 9.17) is 4.42 Å². The highest BCUT2D eigenvalue weighted by atomic mass is 32.2. The summed E-state index contributed by atoms with van der Waals surface area (Å²) in [6.07, 6.45) is 0.271. The number of carbonyl (C=O) groups is 2. The number of methoxy groups -OCH3 is 1. The molecule has 1 aliphatic heterocycles. The smallest absolute Gasteiger partial charge is 0.333 e. The van der Waals surface area contributed by atoms with E-state index in [1.54, 1.807) is 35.7 Å². The summed E-state index contributed by atoms with van der Waals surface area (Å²) < 4.78 is 11.3. The van der Waals surface area contributed by atoms with Crippen molar-refractivity contribution in [3.63, 3.8) is 0 Å². The van der Waals surface area contributed by atoms with Crippen molar-refractivity contribution in [2.75, 3.05) is 18.6 Å². The molecule has 0 saturated carbocycles. The first-order chi connectivity index (χ1) is 10.0. The Morgan fingerprint density at radius 3 is 2.57 bits per heavy atom. The van der Waals surface area contributed by atoms with Crippen LogP contribution in [0.2, 0.25) is 0 Å². The first-order valence-corrected chi connectivity index (χ1v) is 8.36. The largest absolute Gasteiger partial charge is 0.466 e. The average molecular weight is 324 g/mol. The van der Waals surface area contributed by atoms with Gasteiger partial charge in [0.1, 0.15) is 11.5 Å². The minimum atomic E-state index is -0.458. The van der Waals surface area contributed by atoms with Gasteiger partial charge in [0.05, 0.1) is 16.9 Å². The second-order valence-electron chi connectivity index (χ2n) is 4.45. The molecule has 1 saturated heterocycles. The van der Waals surface area contributed by atoms with Crippen molar-refractivity contribution in [1.29, 1.82) is 0 Å². The van der Waals surface area contributed by atoms with Gasteiger partial charge in [-0.3, -0.25) is 4.79 Å². The van der Waals surface area contributed by atoms with Crippen molar-refractivity contribution in [3.05, 3.63) is 40.0 Å². The Morgan fingerprint density at radius 1 is 1.33 bits per heavy atom. The van der Waals surface area contributed by atoms with Crippen molar-refractivity contribution in [1.82, 2.24) is 0 Å². The molecule has 0 amide bonds. The van der Waals surface area contributed by atoms with E-state index in [1.807, 2.05) is 0 Å². The van der Waals surface area contributed by atoms with Crippen LogP contribution in [0.1, 0.15) is 18.4 Å². The summed E-state index contributed by atoms with van der Waals surface area (Å²) in [6.45, 7) is 5.20. The molecule has 112 valence electrons. The molecule has 1 fully saturated rings. The number of hydrogen-bond acceptors (Lipinski definition) is 6. The van der Waals surface area contributed by atoms with Crippen molar-refractivity contribution in [2.24, 2.45) is 0 Å². The fraction of sp³-hybridized carbons (Fsp3) is 0.333. The first-order valence-electron chi connectivity index (χ1n) is 6.39. The Labute approximate surface area is 132 Å². The Bertz CT molecular complexity index is 605. The van der Waals surface area contributed by atoms with Gasteiger partial charge in [0.15, 0.2) is 5.78 Å². The highest BCUT2D eigenvalue weighted by Crippen LogP contribution is 2.42. The second kappa shape index (κ2) is 7.04. The van der Waals surface area contributed by atoms with Crippen LogP contribution in [0, 0.1) is 0 Å². The van der Waals surface area contributed by atoms with Crippen LogP contribution >= 0.6 is 23.5 Å². The lowest BCUT2D eigenvalue weighted by atomic mass is 10.1. The van der Waals surface area contributed by atoms with Gasteiger partial charge >= 0.3 is 5.97 Å². The van der Waals surface area contributed by atoms with Crippen molar-refractivity contribution < 1.29 is 18.7 Å². The molecule has 0 N–H and O–H groups in total. The van der Waals surface area contributed by atoms with Crippen LogP contribution < -0.4 is 0 Å². The lowest BCUT2D eigenvalue weighted by molar-refractivity contribution is -0.136. The van der Waals surface area contributed by atoms with E-state index in [9.17, 15) is 9.59 Å². The summed E-state index contributed by atoms with van der Waals surface area (Å²) in [5.41, 5.74) is 0.942. The van der Waals surface area contributed by atoms with Crippen molar-refractivity contribution >= 4 is 40.8 Å². The third kappa shape index (κ3) is 3.83. The third-order valence-corrected chi connectivity index (χ3v) is 5.59. The molecule has 0 radical (unpaired) electrons. The number of Topliss-reactive ketones (excluding diaryl/α,β-unsaturated/α-hetero) is 1. The van der Waals surface area contributed by atoms with E-state index >= 15 is 0 Å². The summed E-state index contributed by atoms with van der Waals surface area (Å²) in [4.78, 5) is 23.2. The van der Waals surface area contributed by atoms with Gasteiger partial charge in [-0.2, -0.15) is 0 Å². The Kier molecular flexibility index (Phi) is 5.36. The number of allylic oxidation sites excluding steroid dienone is 1. The summed E-state index contributed by atoms with van der Waals surface area (Å²) in [5.74, 6) is 2.67. The number of carbonyl (C=O) groups excluding carboxylic acids is 2. The predicted molar refractivity (Wildman–Crippen MR) is 86.1 cm³/mol. The van der Waals surface area contributed by atoms with Crippen LogP contribution in [0.4, 0.5) is 0 Å². The summed E-state index contributed by atoms with van der Waals surface area (Å²) in [6, 6.07) is 3.53. The van der Waals surface area contributed by atoms with E-state index in [-0.39, 0.29) is 12.2 Å². The molecular formula is C15H16O4S2. The summed E-state index contributed by atoms with van der Waals surface area (Å²) >= 11 is 3.35. The molecule has 0 spiro atoms. The van der Waals surface area contributed by atoms with E-state index < -0.39 is 5.97 Å². The van der Waals surface area contributed by atoms with Crippen LogP contribution in [0.5, 0.6) is 0 Å². The zero-order chi connectivity index (χ0) is 15.4. The first kappa shape index (κ1) is 16.0. The molecule has 4 nitrogen and oxygen atoms in total. The van der Waals surface area contributed by atoms with Crippen LogP contribution in [-0.4, -0.2) is 30.4 Å². The van der Waals surface area contributed by atoms with Gasteiger partial charge in [-0.05, 0) is 19.1 Å². The molecule has 1 aromatic heterocycles. The molecule has 1 aliphatic rings. The molecule has 21 heavy (non-hydrogen) atoms. The molecule has 0 atom stereocenters. The zero-order valence-electron chi connectivity index (χ0n) is 11.9. The average Bonchev–Trinajstić information content (AvgIpc) is 3.10. The SMILES string of the molecule is C=C(Cc1ccc(C(C(C)=O)=C2SCCS2)o1)C(=O)OC. The number of ketones is 1. The molecule has 0 aliphatic carbocycles. The molecule has 2 rings (SSSR count). The van der Waals surface area contributed by atoms with Gasteiger partial charge in [-0.15, -0.1) is 23.5 Å². The van der Waals surface area contributed by atoms with Gasteiger partial charge in [-0.1, -0.05) is 6.58 Å². The van der Waals surface area contributed by atoms with E-state index in [0.717, 1.165) is 15.7 Å². The number of hydrogen-bond donors (Lipinski definition) is 0. The zero-order valence-corrected chi connectivity index (χ0v) is 13.6. The molecule has 6 heteroatoms. The maximum Gasteiger partial charge on any atom is 0.333 e. The molecule has 1 aromatic rings. The topological polar surface area (TPSA) is 56.5 Å².